The maximum Gasteiger partial charge on any atom is 0.360 e. The number of carboxylic acid groups (broad SMARTS) is 1. The fourth-order valence-electron chi connectivity index (χ4n) is 0.994. The molecule has 0 aromatic carbocycles. The minimum atomic E-state index is -1.27. The van der Waals surface area contributed by atoms with E-state index < -0.39 is 5.97 Å². The first-order valence-corrected chi connectivity index (χ1v) is 4.21. The smallest absolute Gasteiger partial charge is 0.360 e. The molecule has 0 bridgehead atoms. The van der Waals surface area contributed by atoms with Crippen LogP contribution in [0.25, 0.3) is 0 Å². The van der Waals surface area contributed by atoms with Crippen molar-refractivity contribution in [3.63, 3.8) is 0 Å². The van der Waals surface area contributed by atoms with Gasteiger partial charge in [-0.3, -0.25) is 4.79 Å². The fraction of sp³-hybridized carbons (Fsp3) is 0.111. The number of hydrogen-bond acceptors (Lipinski definition) is 5. The highest BCUT2D eigenvalue weighted by molar-refractivity contribution is 6.41. The van der Waals surface area contributed by atoms with Gasteiger partial charge in [0.05, 0.1) is 0 Å². The molecule has 1 aromatic rings. The highest BCUT2D eigenvalue weighted by Gasteiger charge is 2.15. The van der Waals surface area contributed by atoms with E-state index in [4.69, 9.17) is 5.11 Å². The summed E-state index contributed by atoms with van der Waals surface area (Å²) in [6.45, 7) is 0. The van der Waals surface area contributed by atoms with Crippen LogP contribution in [0.5, 0.6) is 0 Å². The third kappa shape index (κ3) is 2.77. The molecule has 0 saturated carbocycles. The predicted molar refractivity (Wildman–Crippen MR) is 55.1 cm³/mol. The number of oxime groups is 1. The Morgan fingerprint density at radius 2 is 2.38 bits per heavy atom. The van der Waals surface area contributed by atoms with Crippen LogP contribution in [0.3, 0.4) is 0 Å². The van der Waals surface area contributed by atoms with Gasteiger partial charge >= 0.3 is 5.97 Å². The quantitative estimate of drug-likeness (QED) is 0.418. The highest BCUT2D eigenvalue weighted by atomic mass is 16.6. The van der Waals surface area contributed by atoms with Crippen molar-refractivity contribution in [3.8, 4) is 0 Å². The van der Waals surface area contributed by atoms with E-state index in [0.717, 1.165) is 0 Å². The number of nitrogens with zero attached hydrogens (tertiary/aromatic N) is 2. The van der Waals surface area contributed by atoms with Crippen molar-refractivity contribution in [2.75, 3.05) is 12.4 Å². The molecule has 0 atom stereocenters. The first kappa shape index (κ1) is 11.6. The second-order valence-corrected chi connectivity index (χ2v) is 2.60. The molecular weight excluding hydrogens is 214 g/mol. The van der Waals surface area contributed by atoms with Gasteiger partial charge in [0.1, 0.15) is 18.6 Å². The molecule has 0 saturated heterocycles. The van der Waals surface area contributed by atoms with E-state index in [1.54, 1.807) is 6.07 Å². The van der Waals surface area contributed by atoms with E-state index in [0.29, 0.717) is 6.41 Å². The SMILES string of the molecule is CO/N=C(/C(=O)O)c1cccc(NC=O)n1. The van der Waals surface area contributed by atoms with Crippen molar-refractivity contribution in [1.82, 2.24) is 4.98 Å². The van der Waals surface area contributed by atoms with Gasteiger partial charge in [-0.2, -0.15) is 0 Å². The number of anilines is 1. The van der Waals surface area contributed by atoms with Gasteiger partial charge in [-0.15, -0.1) is 0 Å². The minimum absolute atomic E-state index is 0.0983. The van der Waals surface area contributed by atoms with E-state index >= 15 is 0 Å². The van der Waals surface area contributed by atoms with Gasteiger partial charge < -0.3 is 15.3 Å². The van der Waals surface area contributed by atoms with Crippen molar-refractivity contribution in [2.24, 2.45) is 5.16 Å². The predicted octanol–water partition coefficient (Wildman–Crippen LogP) is 0.0850. The number of nitrogens with one attached hydrogen (secondary N) is 1. The van der Waals surface area contributed by atoms with Crippen LogP contribution in [0.15, 0.2) is 23.4 Å². The van der Waals surface area contributed by atoms with Gasteiger partial charge in [0.25, 0.3) is 0 Å². The van der Waals surface area contributed by atoms with Crippen molar-refractivity contribution < 1.29 is 19.5 Å². The Labute approximate surface area is 90.7 Å². The summed E-state index contributed by atoms with van der Waals surface area (Å²) < 4.78 is 0. The van der Waals surface area contributed by atoms with Crippen LogP contribution in [-0.2, 0) is 14.4 Å². The van der Waals surface area contributed by atoms with Gasteiger partial charge in [-0.1, -0.05) is 11.2 Å². The van der Waals surface area contributed by atoms with Crippen molar-refractivity contribution in [1.29, 1.82) is 0 Å². The van der Waals surface area contributed by atoms with Crippen molar-refractivity contribution in [2.45, 2.75) is 0 Å². The molecule has 1 aromatic heterocycles. The standard InChI is InChI=1S/C9H9N3O4/c1-16-12-8(9(14)15)6-3-2-4-7(11-6)10-5-13/h2-5H,1H3,(H,14,15)(H,10,11,13)/b12-8+. The number of hydrogen-bond donors (Lipinski definition) is 2. The van der Waals surface area contributed by atoms with E-state index in [1.807, 2.05) is 0 Å². The van der Waals surface area contributed by atoms with E-state index in [2.05, 4.69) is 20.3 Å². The van der Waals surface area contributed by atoms with Crippen LogP contribution in [-0.4, -0.2) is 35.3 Å². The van der Waals surface area contributed by atoms with Crippen LogP contribution in [0.2, 0.25) is 0 Å². The summed E-state index contributed by atoms with van der Waals surface area (Å²) in [5.74, 6) is -1.03. The van der Waals surface area contributed by atoms with Crippen LogP contribution >= 0.6 is 0 Å². The van der Waals surface area contributed by atoms with Crippen LogP contribution in [0.4, 0.5) is 5.82 Å². The lowest BCUT2D eigenvalue weighted by Gasteiger charge is -2.02. The number of aromatic nitrogens is 1. The molecular formula is C9H9N3O4. The second-order valence-electron chi connectivity index (χ2n) is 2.60. The molecule has 1 amide bonds. The van der Waals surface area contributed by atoms with E-state index in [-0.39, 0.29) is 17.2 Å². The fourth-order valence-corrected chi connectivity index (χ4v) is 0.994. The van der Waals surface area contributed by atoms with Crippen molar-refractivity contribution >= 4 is 23.9 Å². The largest absolute Gasteiger partial charge is 0.476 e. The molecule has 0 spiro atoms. The zero-order valence-electron chi connectivity index (χ0n) is 8.38. The summed E-state index contributed by atoms with van der Waals surface area (Å²) in [5, 5.41) is 14.5. The molecule has 7 heteroatoms. The topological polar surface area (TPSA) is 101 Å². The Hall–Kier alpha value is -2.44. The molecule has 16 heavy (non-hydrogen) atoms. The first-order valence-electron chi connectivity index (χ1n) is 4.21. The number of pyridine rings is 1. The average molecular weight is 223 g/mol. The van der Waals surface area contributed by atoms with Gasteiger partial charge in [-0.25, -0.2) is 9.78 Å². The number of carbonyl (C=O) groups is 2. The molecule has 0 unspecified atom stereocenters. The van der Waals surface area contributed by atoms with Gasteiger partial charge in [0.15, 0.2) is 0 Å². The second kappa shape index (κ2) is 5.44. The summed E-state index contributed by atoms with van der Waals surface area (Å²) >= 11 is 0. The number of carboxylic acids is 1. The zero-order chi connectivity index (χ0) is 12.0. The highest BCUT2D eigenvalue weighted by Crippen LogP contribution is 2.05. The molecule has 2 N–H and O–H groups in total. The Bertz CT molecular complexity index is 431. The number of amides is 1. The van der Waals surface area contributed by atoms with Crippen molar-refractivity contribution in [3.05, 3.63) is 23.9 Å². The molecule has 0 aliphatic rings. The lowest BCUT2D eigenvalue weighted by molar-refractivity contribution is -0.129. The summed E-state index contributed by atoms with van der Waals surface area (Å²) in [5.41, 5.74) is -0.238. The Morgan fingerprint density at radius 3 is 2.94 bits per heavy atom. The number of carbonyl (C=O) groups excluding carboxylic acids is 1. The number of aliphatic carboxylic acids is 1. The Kier molecular flexibility index (Phi) is 3.96. The molecule has 84 valence electrons. The van der Waals surface area contributed by atoms with E-state index in [1.165, 1.54) is 19.2 Å². The summed E-state index contributed by atoms with van der Waals surface area (Å²) in [4.78, 5) is 29.3. The van der Waals surface area contributed by atoms with Crippen LogP contribution in [0, 0.1) is 0 Å². The van der Waals surface area contributed by atoms with Gasteiger partial charge in [0.2, 0.25) is 12.1 Å². The molecule has 0 fully saturated rings. The monoisotopic (exact) mass is 223 g/mol. The van der Waals surface area contributed by atoms with Crippen LogP contribution < -0.4 is 5.32 Å². The molecule has 1 heterocycles. The summed E-state index contributed by atoms with van der Waals surface area (Å²) in [6, 6.07) is 4.51. The maximum absolute atomic E-state index is 10.8. The molecule has 1 rings (SSSR count). The van der Waals surface area contributed by atoms with E-state index in [9.17, 15) is 9.59 Å². The Balaban J connectivity index is 3.10. The first-order chi connectivity index (χ1) is 7.69. The third-order valence-electron chi connectivity index (χ3n) is 1.58. The molecule has 7 nitrogen and oxygen atoms in total. The molecule has 0 radical (unpaired) electrons. The zero-order valence-corrected chi connectivity index (χ0v) is 8.38. The van der Waals surface area contributed by atoms with Crippen LogP contribution in [0.1, 0.15) is 5.69 Å². The lowest BCUT2D eigenvalue weighted by Crippen LogP contribution is -2.17. The average Bonchev–Trinajstić information content (AvgIpc) is 2.26. The lowest BCUT2D eigenvalue weighted by atomic mass is 10.2. The Morgan fingerprint density at radius 1 is 1.62 bits per heavy atom. The maximum atomic E-state index is 10.8. The third-order valence-corrected chi connectivity index (χ3v) is 1.58. The molecule has 0 aliphatic carbocycles. The van der Waals surface area contributed by atoms with Gasteiger partial charge in [0, 0.05) is 0 Å². The summed E-state index contributed by atoms with van der Waals surface area (Å²) in [7, 11) is 1.23. The normalized spacial score (nSPS) is 10.7. The number of rotatable bonds is 5. The van der Waals surface area contributed by atoms with Gasteiger partial charge in [-0.05, 0) is 12.1 Å². The molecule has 0 aliphatic heterocycles. The minimum Gasteiger partial charge on any atom is -0.476 e. The summed E-state index contributed by atoms with van der Waals surface area (Å²) in [6.07, 6.45) is 0.444.